The maximum Gasteiger partial charge on any atom is 0.300 e. The highest BCUT2D eigenvalue weighted by molar-refractivity contribution is 7.99. The van der Waals surface area contributed by atoms with Crippen LogP contribution in [0.3, 0.4) is 0 Å². The lowest BCUT2D eigenvalue weighted by Crippen LogP contribution is -2.33. The Labute approximate surface area is 127 Å². The van der Waals surface area contributed by atoms with Crippen molar-refractivity contribution >= 4 is 29.2 Å². The molecule has 0 saturated carbocycles. The number of aromatic nitrogens is 1. The second-order valence-electron chi connectivity index (χ2n) is 4.63. The molecular formula is C13H18N4O3S. The number of thioether (sulfide) groups is 1. The molecule has 2 heterocycles. The first-order chi connectivity index (χ1) is 10.1. The number of rotatable bonds is 4. The van der Waals surface area contributed by atoms with Gasteiger partial charge in [-0.05, 0) is 19.1 Å². The van der Waals surface area contributed by atoms with Gasteiger partial charge in [0.15, 0.2) is 0 Å². The molecule has 1 N–H and O–H groups in total. The highest BCUT2D eigenvalue weighted by atomic mass is 32.2. The zero-order valence-electron chi connectivity index (χ0n) is 11.9. The van der Waals surface area contributed by atoms with Crippen molar-refractivity contribution < 1.29 is 9.72 Å². The van der Waals surface area contributed by atoms with E-state index in [4.69, 9.17) is 0 Å². The normalized spacial score (nSPS) is 15.4. The van der Waals surface area contributed by atoms with Gasteiger partial charge in [-0.1, -0.05) is 0 Å². The quantitative estimate of drug-likeness (QED) is 0.676. The largest absolute Gasteiger partial charge is 0.370 e. The van der Waals surface area contributed by atoms with Crippen molar-refractivity contribution in [3.8, 4) is 0 Å². The molecule has 114 valence electrons. The number of amides is 1. The van der Waals surface area contributed by atoms with Gasteiger partial charge < -0.3 is 10.2 Å². The van der Waals surface area contributed by atoms with E-state index in [0.29, 0.717) is 25.5 Å². The summed E-state index contributed by atoms with van der Waals surface area (Å²) in [6, 6.07) is 1.47. The summed E-state index contributed by atoms with van der Waals surface area (Å²) in [7, 11) is 0. The molecule has 0 aliphatic carbocycles. The summed E-state index contributed by atoms with van der Waals surface area (Å²) in [6.45, 7) is 3.80. The summed E-state index contributed by atoms with van der Waals surface area (Å²) in [5.41, 5.74) is -0.128. The molecule has 0 aromatic carbocycles. The maximum atomic E-state index is 12.6. The molecule has 8 heteroatoms. The standard InChI is InChI=1S/C13H18N4O3S/c1-2-14-12-8-10(11(9-15-12)17(19)20)13(18)16-4-3-6-21-7-5-16/h8-9H,2-7H2,1H3,(H,14,15). The van der Waals surface area contributed by atoms with Gasteiger partial charge in [0.25, 0.3) is 11.6 Å². The molecule has 0 atom stereocenters. The Bertz CT molecular complexity index is 530. The molecule has 0 bridgehead atoms. The molecule has 1 fully saturated rings. The molecule has 1 saturated heterocycles. The molecular weight excluding hydrogens is 292 g/mol. The van der Waals surface area contributed by atoms with Gasteiger partial charge >= 0.3 is 0 Å². The van der Waals surface area contributed by atoms with E-state index >= 15 is 0 Å². The topological polar surface area (TPSA) is 88.4 Å². The molecule has 1 aliphatic heterocycles. The van der Waals surface area contributed by atoms with E-state index in [9.17, 15) is 14.9 Å². The average molecular weight is 310 g/mol. The van der Waals surface area contributed by atoms with Crippen LogP contribution in [0.2, 0.25) is 0 Å². The predicted molar refractivity (Wildman–Crippen MR) is 82.9 cm³/mol. The van der Waals surface area contributed by atoms with Crippen molar-refractivity contribution in [2.75, 3.05) is 36.5 Å². The van der Waals surface area contributed by atoms with E-state index in [1.54, 1.807) is 16.7 Å². The third-order valence-electron chi connectivity index (χ3n) is 3.18. The van der Waals surface area contributed by atoms with Gasteiger partial charge in [-0.15, -0.1) is 0 Å². The van der Waals surface area contributed by atoms with Gasteiger partial charge in [0.05, 0.1) is 4.92 Å². The minimum absolute atomic E-state index is 0.109. The summed E-state index contributed by atoms with van der Waals surface area (Å²) < 4.78 is 0. The number of nitro groups is 1. The van der Waals surface area contributed by atoms with Crippen molar-refractivity contribution in [3.63, 3.8) is 0 Å². The van der Waals surface area contributed by atoms with Crippen molar-refractivity contribution in [1.82, 2.24) is 9.88 Å². The molecule has 0 unspecified atom stereocenters. The van der Waals surface area contributed by atoms with E-state index in [2.05, 4.69) is 10.3 Å². The lowest BCUT2D eigenvalue weighted by atomic mass is 10.2. The Morgan fingerprint density at radius 3 is 3.05 bits per heavy atom. The van der Waals surface area contributed by atoms with Crippen LogP contribution in [0.15, 0.2) is 12.3 Å². The number of pyridine rings is 1. The van der Waals surface area contributed by atoms with Crippen LogP contribution < -0.4 is 5.32 Å². The van der Waals surface area contributed by atoms with Crippen LogP contribution in [-0.4, -0.2) is 51.9 Å². The van der Waals surface area contributed by atoms with Gasteiger partial charge in [-0.25, -0.2) is 4.98 Å². The lowest BCUT2D eigenvalue weighted by Gasteiger charge is -2.20. The number of anilines is 1. The minimum atomic E-state index is -0.553. The summed E-state index contributed by atoms with van der Waals surface area (Å²) >= 11 is 1.80. The van der Waals surface area contributed by atoms with Crippen LogP contribution in [0.4, 0.5) is 11.5 Å². The lowest BCUT2D eigenvalue weighted by molar-refractivity contribution is -0.385. The van der Waals surface area contributed by atoms with Crippen LogP contribution in [0, 0.1) is 10.1 Å². The van der Waals surface area contributed by atoms with Gasteiger partial charge in [-0.2, -0.15) is 11.8 Å². The Hall–Kier alpha value is -1.83. The highest BCUT2D eigenvalue weighted by Gasteiger charge is 2.26. The van der Waals surface area contributed by atoms with Crippen LogP contribution in [-0.2, 0) is 0 Å². The first-order valence-electron chi connectivity index (χ1n) is 6.88. The van der Waals surface area contributed by atoms with E-state index < -0.39 is 4.92 Å². The molecule has 2 rings (SSSR count). The number of nitrogens with one attached hydrogen (secondary N) is 1. The smallest absolute Gasteiger partial charge is 0.300 e. The number of carbonyl (C=O) groups is 1. The van der Waals surface area contributed by atoms with E-state index in [1.165, 1.54) is 6.07 Å². The zero-order valence-corrected chi connectivity index (χ0v) is 12.7. The molecule has 1 amide bonds. The Morgan fingerprint density at radius 1 is 1.52 bits per heavy atom. The molecule has 1 aromatic heterocycles. The fourth-order valence-electron chi connectivity index (χ4n) is 2.16. The van der Waals surface area contributed by atoms with Crippen molar-refractivity contribution in [2.24, 2.45) is 0 Å². The highest BCUT2D eigenvalue weighted by Crippen LogP contribution is 2.23. The number of nitrogens with zero attached hydrogens (tertiary/aromatic N) is 3. The van der Waals surface area contributed by atoms with Crippen molar-refractivity contribution in [2.45, 2.75) is 13.3 Å². The third-order valence-corrected chi connectivity index (χ3v) is 4.23. The Kier molecular flexibility index (Phi) is 5.38. The molecule has 1 aromatic rings. The van der Waals surface area contributed by atoms with Crippen LogP contribution in [0.1, 0.15) is 23.7 Å². The SMILES string of the molecule is CCNc1cc(C(=O)N2CCCSCC2)c([N+](=O)[O-])cn1. The number of carbonyl (C=O) groups excluding carboxylic acids is 1. The Balaban J connectivity index is 2.31. The monoisotopic (exact) mass is 310 g/mol. The minimum Gasteiger partial charge on any atom is -0.370 e. The van der Waals surface area contributed by atoms with E-state index in [1.807, 2.05) is 6.92 Å². The van der Waals surface area contributed by atoms with E-state index in [-0.39, 0.29) is 17.2 Å². The molecule has 0 radical (unpaired) electrons. The first-order valence-corrected chi connectivity index (χ1v) is 8.04. The summed E-state index contributed by atoms with van der Waals surface area (Å²) in [4.78, 5) is 28.8. The van der Waals surface area contributed by atoms with E-state index in [0.717, 1.165) is 24.1 Å². The summed E-state index contributed by atoms with van der Waals surface area (Å²) in [5, 5.41) is 14.1. The second kappa shape index (κ2) is 7.26. The van der Waals surface area contributed by atoms with Crippen LogP contribution in [0.25, 0.3) is 0 Å². The van der Waals surface area contributed by atoms with Gasteiger partial charge in [0.2, 0.25) is 0 Å². The van der Waals surface area contributed by atoms with Crippen LogP contribution >= 0.6 is 11.8 Å². The zero-order chi connectivity index (χ0) is 15.2. The average Bonchev–Trinajstić information content (AvgIpc) is 2.75. The number of hydrogen-bond donors (Lipinski definition) is 1. The fourth-order valence-corrected chi connectivity index (χ4v) is 3.05. The van der Waals surface area contributed by atoms with Crippen molar-refractivity contribution in [3.05, 3.63) is 27.9 Å². The third kappa shape index (κ3) is 3.84. The second-order valence-corrected chi connectivity index (χ2v) is 5.86. The first kappa shape index (κ1) is 15.6. The number of hydrogen-bond acceptors (Lipinski definition) is 6. The summed E-state index contributed by atoms with van der Waals surface area (Å²) in [6.07, 6.45) is 2.06. The Morgan fingerprint density at radius 2 is 2.33 bits per heavy atom. The van der Waals surface area contributed by atoms with Gasteiger partial charge in [0.1, 0.15) is 17.6 Å². The fraction of sp³-hybridized carbons (Fsp3) is 0.538. The molecule has 7 nitrogen and oxygen atoms in total. The predicted octanol–water partition coefficient (Wildman–Crippen LogP) is 2.00. The molecule has 1 aliphatic rings. The maximum absolute atomic E-state index is 12.6. The van der Waals surface area contributed by atoms with Gasteiger partial charge in [0, 0.05) is 31.5 Å². The summed E-state index contributed by atoms with van der Waals surface area (Å²) in [5.74, 6) is 2.08. The van der Waals surface area contributed by atoms with Crippen molar-refractivity contribution in [1.29, 1.82) is 0 Å². The van der Waals surface area contributed by atoms with Crippen LogP contribution in [0.5, 0.6) is 0 Å². The molecule has 21 heavy (non-hydrogen) atoms. The van der Waals surface area contributed by atoms with Gasteiger partial charge in [-0.3, -0.25) is 14.9 Å². The molecule has 0 spiro atoms.